The van der Waals surface area contributed by atoms with Crippen molar-refractivity contribution in [2.45, 2.75) is 51.9 Å². The largest absolute Gasteiger partial charge is 0.493 e. The number of ether oxygens (including phenoxy) is 1. The molecule has 19 heavy (non-hydrogen) atoms. The van der Waals surface area contributed by atoms with Crippen molar-refractivity contribution in [3.8, 4) is 5.75 Å². The number of halogens is 1. The molecule has 0 aliphatic rings. The van der Waals surface area contributed by atoms with Gasteiger partial charge in [0.15, 0.2) is 0 Å². The first-order chi connectivity index (χ1) is 9.27. The summed E-state index contributed by atoms with van der Waals surface area (Å²) in [4.78, 5) is 0. The van der Waals surface area contributed by atoms with Crippen LogP contribution in [0.2, 0.25) is 0 Å². The Kier molecular flexibility index (Phi) is 8.93. The van der Waals surface area contributed by atoms with E-state index < -0.39 is 0 Å². The molecule has 0 saturated heterocycles. The molecule has 3 heteroatoms. The average Bonchev–Trinajstić information content (AvgIpc) is 2.40. The second-order valence-electron chi connectivity index (χ2n) is 4.91. The number of rotatable bonds is 10. The summed E-state index contributed by atoms with van der Waals surface area (Å²) in [6, 6.07) is 6.16. The van der Waals surface area contributed by atoms with E-state index in [-0.39, 0.29) is 0 Å². The van der Waals surface area contributed by atoms with Gasteiger partial charge in [-0.15, -0.1) is 0 Å². The Morgan fingerprint density at radius 3 is 2.58 bits per heavy atom. The standard InChI is InChI=1S/C16H26BrNO/c1-2-3-4-5-6-7-12-19-16-9-8-15(17)13-14(16)10-11-18/h8-9,13H,2-7,10-12,18H2,1H3. The Morgan fingerprint density at radius 1 is 1.11 bits per heavy atom. The maximum Gasteiger partial charge on any atom is 0.122 e. The molecule has 1 aromatic rings. The van der Waals surface area contributed by atoms with E-state index in [1.807, 2.05) is 12.1 Å². The molecular weight excluding hydrogens is 302 g/mol. The van der Waals surface area contributed by atoms with Gasteiger partial charge in [0.2, 0.25) is 0 Å². The van der Waals surface area contributed by atoms with E-state index in [2.05, 4.69) is 28.9 Å². The molecule has 0 unspecified atom stereocenters. The Hall–Kier alpha value is -0.540. The topological polar surface area (TPSA) is 35.2 Å². The van der Waals surface area contributed by atoms with Crippen LogP contribution in [0, 0.1) is 0 Å². The molecule has 0 aliphatic heterocycles. The summed E-state index contributed by atoms with van der Waals surface area (Å²) in [6.45, 7) is 3.71. The van der Waals surface area contributed by atoms with Crippen LogP contribution in [0.25, 0.3) is 0 Å². The van der Waals surface area contributed by atoms with Gasteiger partial charge in [-0.3, -0.25) is 0 Å². The van der Waals surface area contributed by atoms with Gasteiger partial charge in [-0.05, 0) is 43.1 Å². The minimum Gasteiger partial charge on any atom is -0.493 e. The highest BCUT2D eigenvalue weighted by Gasteiger charge is 2.03. The Labute approximate surface area is 125 Å². The molecule has 0 spiro atoms. The van der Waals surface area contributed by atoms with E-state index in [0.717, 1.165) is 29.7 Å². The van der Waals surface area contributed by atoms with Gasteiger partial charge in [0.1, 0.15) is 5.75 Å². The monoisotopic (exact) mass is 327 g/mol. The first-order valence-corrected chi connectivity index (χ1v) is 8.18. The fourth-order valence-corrected chi connectivity index (χ4v) is 2.51. The summed E-state index contributed by atoms with van der Waals surface area (Å²) in [5.74, 6) is 0.988. The molecule has 0 aliphatic carbocycles. The summed E-state index contributed by atoms with van der Waals surface area (Å²) in [7, 11) is 0. The zero-order chi connectivity index (χ0) is 13.9. The zero-order valence-electron chi connectivity index (χ0n) is 12.0. The van der Waals surface area contributed by atoms with E-state index in [1.165, 1.54) is 37.7 Å². The molecule has 0 atom stereocenters. The minimum atomic E-state index is 0.657. The zero-order valence-corrected chi connectivity index (χ0v) is 13.5. The number of benzene rings is 1. The van der Waals surface area contributed by atoms with Crippen molar-refractivity contribution in [2.75, 3.05) is 13.2 Å². The molecule has 2 nitrogen and oxygen atoms in total. The van der Waals surface area contributed by atoms with E-state index in [4.69, 9.17) is 10.5 Å². The van der Waals surface area contributed by atoms with Crippen LogP contribution in [-0.2, 0) is 6.42 Å². The van der Waals surface area contributed by atoms with Gasteiger partial charge >= 0.3 is 0 Å². The van der Waals surface area contributed by atoms with Gasteiger partial charge in [-0.2, -0.15) is 0 Å². The fourth-order valence-electron chi connectivity index (χ4n) is 2.10. The second kappa shape index (κ2) is 10.3. The quantitative estimate of drug-likeness (QED) is 0.633. The molecule has 0 heterocycles. The van der Waals surface area contributed by atoms with Crippen LogP contribution >= 0.6 is 15.9 Å². The van der Waals surface area contributed by atoms with Crippen LogP contribution in [0.1, 0.15) is 51.0 Å². The van der Waals surface area contributed by atoms with Gasteiger partial charge in [-0.1, -0.05) is 55.0 Å². The van der Waals surface area contributed by atoms with Gasteiger partial charge < -0.3 is 10.5 Å². The number of hydrogen-bond donors (Lipinski definition) is 1. The third kappa shape index (κ3) is 6.98. The fraction of sp³-hybridized carbons (Fsp3) is 0.625. The smallest absolute Gasteiger partial charge is 0.122 e. The van der Waals surface area contributed by atoms with Crippen LogP contribution in [0.15, 0.2) is 22.7 Å². The van der Waals surface area contributed by atoms with Gasteiger partial charge in [-0.25, -0.2) is 0 Å². The van der Waals surface area contributed by atoms with Gasteiger partial charge in [0.25, 0.3) is 0 Å². The van der Waals surface area contributed by atoms with E-state index in [0.29, 0.717) is 6.54 Å². The van der Waals surface area contributed by atoms with Crippen LogP contribution in [0.4, 0.5) is 0 Å². The van der Waals surface area contributed by atoms with Crippen molar-refractivity contribution in [3.05, 3.63) is 28.2 Å². The number of hydrogen-bond acceptors (Lipinski definition) is 2. The van der Waals surface area contributed by atoms with Crippen molar-refractivity contribution in [2.24, 2.45) is 5.73 Å². The molecule has 1 aromatic carbocycles. The van der Waals surface area contributed by atoms with E-state index in [1.54, 1.807) is 0 Å². The van der Waals surface area contributed by atoms with Gasteiger partial charge in [0, 0.05) is 4.47 Å². The molecule has 0 radical (unpaired) electrons. The number of unbranched alkanes of at least 4 members (excludes halogenated alkanes) is 5. The molecule has 0 saturated carbocycles. The van der Waals surface area contributed by atoms with Crippen LogP contribution < -0.4 is 10.5 Å². The maximum absolute atomic E-state index is 5.87. The van der Waals surface area contributed by atoms with Crippen molar-refractivity contribution in [1.82, 2.24) is 0 Å². The minimum absolute atomic E-state index is 0.657. The van der Waals surface area contributed by atoms with E-state index in [9.17, 15) is 0 Å². The molecular formula is C16H26BrNO. The molecule has 1 rings (SSSR count). The summed E-state index contributed by atoms with van der Waals surface area (Å²) in [6.07, 6.45) is 8.61. The third-order valence-corrected chi connectivity index (χ3v) is 3.68. The lowest BCUT2D eigenvalue weighted by atomic mass is 10.1. The molecule has 2 N–H and O–H groups in total. The Morgan fingerprint density at radius 2 is 1.84 bits per heavy atom. The summed E-state index contributed by atoms with van der Waals surface area (Å²) in [5.41, 5.74) is 6.83. The van der Waals surface area contributed by atoms with E-state index >= 15 is 0 Å². The third-order valence-electron chi connectivity index (χ3n) is 3.19. The predicted octanol–water partition coefficient (Wildman–Crippen LogP) is 4.69. The highest BCUT2D eigenvalue weighted by atomic mass is 79.9. The lowest BCUT2D eigenvalue weighted by Crippen LogP contribution is -2.06. The Bertz CT molecular complexity index is 355. The van der Waals surface area contributed by atoms with Crippen molar-refractivity contribution < 1.29 is 4.74 Å². The lowest BCUT2D eigenvalue weighted by Gasteiger charge is -2.11. The Balaban J connectivity index is 2.28. The lowest BCUT2D eigenvalue weighted by molar-refractivity contribution is 0.301. The van der Waals surface area contributed by atoms with Gasteiger partial charge in [0.05, 0.1) is 6.61 Å². The first-order valence-electron chi connectivity index (χ1n) is 7.39. The molecule has 0 bridgehead atoms. The first kappa shape index (κ1) is 16.5. The molecule has 0 amide bonds. The maximum atomic E-state index is 5.87. The summed E-state index contributed by atoms with van der Waals surface area (Å²) < 4.78 is 6.96. The summed E-state index contributed by atoms with van der Waals surface area (Å²) in [5, 5.41) is 0. The SMILES string of the molecule is CCCCCCCCOc1ccc(Br)cc1CCN. The highest BCUT2D eigenvalue weighted by Crippen LogP contribution is 2.23. The molecule has 108 valence electrons. The van der Waals surface area contributed by atoms with Crippen LogP contribution in [0.5, 0.6) is 5.75 Å². The normalized spacial score (nSPS) is 10.7. The predicted molar refractivity (Wildman–Crippen MR) is 85.8 cm³/mol. The average molecular weight is 328 g/mol. The van der Waals surface area contributed by atoms with Crippen LogP contribution in [0.3, 0.4) is 0 Å². The van der Waals surface area contributed by atoms with Crippen molar-refractivity contribution in [3.63, 3.8) is 0 Å². The number of nitrogens with two attached hydrogens (primary N) is 1. The molecule has 0 fully saturated rings. The second-order valence-corrected chi connectivity index (χ2v) is 5.82. The molecule has 0 aromatic heterocycles. The van der Waals surface area contributed by atoms with Crippen LogP contribution in [-0.4, -0.2) is 13.2 Å². The summed E-state index contributed by atoms with van der Waals surface area (Å²) >= 11 is 3.49. The van der Waals surface area contributed by atoms with Crippen molar-refractivity contribution in [1.29, 1.82) is 0 Å². The highest BCUT2D eigenvalue weighted by molar-refractivity contribution is 9.10. The van der Waals surface area contributed by atoms with Crippen molar-refractivity contribution >= 4 is 15.9 Å².